The number of sulfonamides is 1. The van der Waals surface area contributed by atoms with E-state index >= 15 is 0 Å². The molecule has 0 heterocycles. The summed E-state index contributed by atoms with van der Waals surface area (Å²) in [5.41, 5.74) is -0.670. The zero-order chi connectivity index (χ0) is 22.0. The van der Waals surface area contributed by atoms with Crippen molar-refractivity contribution < 1.29 is 26.4 Å². The van der Waals surface area contributed by atoms with Gasteiger partial charge in [-0.15, -0.1) is 0 Å². The Kier molecular flexibility index (Phi) is 6.97. The summed E-state index contributed by atoms with van der Waals surface area (Å²) in [7, 11) is -2.41. The highest BCUT2D eigenvalue weighted by Gasteiger charge is 2.30. The Morgan fingerprint density at radius 1 is 1.17 bits per heavy atom. The minimum Gasteiger partial charge on any atom is -0.348 e. The van der Waals surface area contributed by atoms with Crippen LogP contribution in [0.15, 0.2) is 47.4 Å². The third-order valence-electron chi connectivity index (χ3n) is 4.29. The van der Waals surface area contributed by atoms with Crippen molar-refractivity contribution in [2.45, 2.75) is 37.5 Å². The lowest BCUT2D eigenvalue weighted by molar-refractivity contribution is -0.137. The van der Waals surface area contributed by atoms with E-state index in [4.69, 9.17) is 11.6 Å². The van der Waals surface area contributed by atoms with E-state index in [0.29, 0.717) is 0 Å². The minimum atomic E-state index is -4.49. The molecule has 0 aromatic heterocycles. The maximum Gasteiger partial charge on any atom is 0.416 e. The maximum absolute atomic E-state index is 12.8. The Hall–Kier alpha value is -2.10. The van der Waals surface area contributed by atoms with Crippen LogP contribution in [-0.2, 0) is 22.7 Å². The summed E-state index contributed by atoms with van der Waals surface area (Å²) >= 11 is 6.03. The monoisotopic (exact) mass is 448 g/mol. The number of carbonyl (C=O) groups is 1. The largest absolute Gasteiger partial charge is 0.416 e. The van der Waals surface area contributed by atoms with Crippen LogP contribution in [0, 0.1) is 0 Å². The van der Waals surface area contributed by atoms with Crippen LogP contribution in [0.25, 0.3) is 0 Å². The molecule has 0 unspecified atom stereocenters. The van der Waals surface area contributed by atoms with Crippen molar-refractivity contribution in [2.75, 3.05) is 7.05 Å². The lowest BCUT2D eigenvalue weighted by Gasteiger charge is -2.21. The van der Waals surface area contributed by atoms with Gasteiger partial charge in [0.25, 0.3) is 5.91 Å². The predicted molar refractivity (Wildman–Crippen MR) is 104 cm³/mol. The third kappa shape index (κ3) is 5.49. The first-order chi connectivity index (χ1) is 13.3. The number of nitrogens with zero attached hydrogens (tertiary/aromatic N) is 1. The highest BCUT2D eigenvalue weighted by Crippen LogP contribution is 2.29. The summed E-state index contributed by atoms with van der Waals surface area (Å²) in [5.74, 6) is -0.698. The topological polar surface area (TPSA) is 66.5 Å². The van der Waals surface area contributed by atoms with E-state index in [0.717, 1.165) is 22.5 Å². The third-order valence-corrected chi connectivity index (χ3v) is 6.65. The fourth-order valence-corrected chi connectivity index (χ4v) is 4.02. The Morgan fingerprint density at radius 2 is 1.83 bits per heavy atom. The lowest BCUT2D eigenvalue weighted by Crippen LogP contribution is -2.33. The predicted octanol–water partition coefficient (Wildman–Crippen LogP) is 4.32. The number of hydrogen-bond donors (Lipinski definition) is 1. The van der Waals surface area contributed by atoms with Crippen molar-refractivity contribution in [3.63, 3.8) is 0 Å². The van der Waals surface area contributed by atoms with Crippen LogP contribution in [0.2, 0.25) is 5.02 Å². The molecule has 2 aromatic carbocycles. The van der Waals surface area contributed by atoms with Gasteiger partial charge >= 0.3 is 6.18 Å². The molecule has 0 aliphatic heterocycles. The molecular formula is C19H20ClF3N2O3S. The fraction of sp³-hybridized carbons (Fsp3) is 0.316. The standard InChI is InChI=1S/C19H20ClF3N2O3S/c1-12(2)25(3)29(27,28)15-7-8-17(20)16(10-15)18(26)24-11-13-5-4-6-14(9-13)19(21,22)23/h4-10,12H,11H2,1-3H3,(H,24,26). The van der Waals surface area contributed by atoms with Crippen LogP contribution in [0.3, 0.4) is 0 Å². The van der Waals surface area contributed by atoms with Gasteiger partial charge in [-0.25, -0.2) is 8.42 Å². The molecular weight excluding hydrogens is 429 g/mol. The molecule has 0 bridgehead atoms. The van der Waals surface area contributed by atoms with Crippen molar-refractivity contribution in [3.05, 3.63) is 64.2 Å². The Morgan fingerprint density at radius 3 is 2.41 bits per heavy atom. The molecule has 10 heteroatoms. The number of nitrogens with one attached hydrogen (secondary N) is 1. The molecule has 1 amide bonds. The summed E-state index contributed by atoms with van der Waals surface area (Å²) in [4.78, 5) is 12.4. The zero-order valence-electron chi connectivity index (χ0n) is 15.9. The second-order valence-corrected chi connectivity index (χ2v) is 9.04. The molecule has 1 N–H and O–H groups in total. The molecule has 0 saturated heterocycles. The molecule has 2 rings (SSSR count). The molecule has 0 radical (unpaired) electrons. The van der Waals surface area contributed by atoms with Gasteiger partial charge in [0.15, 0.2) is 0 Å². The summed E-state index contributed by atoms with van der Waals surface area (Å²) in [6, 6.07) is 7.98. The van der Waals surface area contributed by atoms with Gasteiger partial charge in [-0.1, -0.05) is 23.7 Å². The second-order valence-electron chi connectivity index (χ2n) is 6.64. The highest BCUT2D eigenvalue weighted by atomic mass is 35.5. The first-order valence-corrected chi connectivity index (χ1v) is 10.4. The van der Waals surface area contributed by atoms with Gasteiger partial charge < -0.3 is 5.32 Å². The molecule has 0 saturated carbocycles. The molecule has 158 valence electrons. The minimum absolute atomic E-state index is 0.0256. The molecule has 0 fully saturated rings. The molecule has 29 heavy (non-hydrogen) atoms. The van der Waals surface area contributed by atoms with Crippen LogP contribution in [0.5, 0.6) is 0 Å². The molecule has 5 nitrogen and oxygen atoms in total. The number of hydrogen-bond acceptors (Lipinski definition) is 3. The van der Waals surface area contributed by atoms with Gasteiger partial charge in [0.05, 0.1) is 21.0 Å². The van der Waals surface area contributed by atoms with Crippen molar-refractivity contribution >= 4 is 27.5 Å². The van der Waals surface area contributed by atoms with Crippen LogP contribution in [0.1, 0.15) is 35.3 Å². The lowest BCUT2D eigenvalue weighted by atomic mass is 10.1. The second kappa shape index (κ2) is 8.73. The average molecular weight is 449 g/mol. The van der Waals surface area contributed by atoms with Gasteiger partial charge in [0, 0.05) is 19.6 Å². The normalized spacial score (nSPS) is 12.4. The maximum atomic E-state index is 12.8. The van der Waals surface area contributed by atoms with Crippen molar-refractivity contribution in [1.29, 1.82) is 0 Å². The van der Waals surface area contributed by atoms with E-state index < -0.39 is 27.7 Å². The van der Waals surface area contributed by atoms with Crippen LogP contribution in [0.4, 0.5) is 13.2 Å². The van der Waals surface area contributed by atoms with Gasteiger partial charge in [-0.2, -0.15) is 17.5 Å². The zero-order valence-corrected chi connectivity index (χ0v) is 17.5. The summed E-state index contributed by atoms with van der Waals surface area (Å²) in [5, 5.41) is 2.49. The summed E-state index contributed by atoms with van der Waals surface area (Å²) in [6.07, 6.45) is -4.49. The Balaban J connectivity index is 2.24. The van der Waals surface area contributed by atoms with Gasteiger partial charge in [0.2, 0.25) is 10.0 Å². The molecule has 0 aliphatic carbocycles. The quantitative estimate of drug-likeness (QED) is 0.715. The van der Waals surface area contributed by atoms with E-state index in [2.05, 4.69) is 5.32 Å². The van der Waals surface area contributed by atoms with Gasteiger partial charge in [-0.05, 0) is 49.7 Å². The number of carbonyl (C=O) groups excluding carboxylic acids is 1. The van der Waals surface area contributed by atoms with E-state index in [1.54, 1.807) is 13.8 Å². The Bertz CT molecular complexity index is 1010. The van der Waals surface area contributed by atoms with Gasteiger partial charge in [-0.3, -0.25) is 4.79 Å². The fourth-order valence-electron chi connectivity index (χ4n) is 2.42. The number of alkyl halides is 3. The molecule has 0 aliphatic rings. The van der Waals surface area contributed by atoms with E-state index in [1.165, 1.54) is 31.3 Å². The van der Waals surface area contributed by atoms with Crippen LogP contribution < -0.4 is 5.32 Å². The summed E-state index contributed by atoms with van der Waals surface area (Å²) < 4.78 is 64.8. The molecule has 0 atom stereocenters. The van der Waals surface area contributed by atoms with E-state index in [9.17, 15) is 26.4 Å². The SMILES string of the molecule is CC(C)N(C)S(=O)(=O)c1ccc(Cl)c(C(=O)NCc2cccc(C(F)(F)F)c2)c1. The average Bonchev–Trinajstić information content (AvgIpc) is 2.65. The summed E-state index contributed by atoms with van der Waals surface area (Å²) in [6.45, 7) is 3.23. The van der Waals surface area contributed by atoms with Crippen molar-refractivity contribution in [1.82, 2.24) is 9.62 Å². The van der Waals surface area contributed by atoms with E-state index in [1.807, 2.05) is 0 Å². The van der Waals surface area contributed by atoms with Crippen molar-refractivity contribution in [3.8, 4) is 0 Å². The Labute approximate surface area is 172 Å². The van der Waals surface area contributed by atoms with Crippen LogP contribution in [-0.4, -0.2) is 31.7 Å². The smallest absolute Gasteiger partial charge is 0.348 e. The number of halogens is 4. The first-order valence-electron chi connectivity index (χ1n) is 8.56. The number of amides is 1. The van der Waals surface area contributed by atoms with Gasteiger partial charge in [0.1, 0.15) is 0 Å². The first kappa shape index (κ1) is 23.2. The number of benzene rings is 2. The highest BCUT2D eigenvalue weighted by molar-refractivity contribution is 7.89. The van der Waals surface area contributed by atoms with E-state index in [-0.39, 0.29) is 33.6 Å². The van der Waals surface area contributed by atoms with Crippen LogP contribution >= 0.6 is 11.6 Å². The number of rotatable bonds is 6. The molecule has 0 spiro atoms. The molecule has 2 aromatic rings. The van der Waals surface area contributed by atoms with Crippen molar-refractivity contribution in [2.24, 2.45) is 0 Å².